The van der Waals surface area contributed by atoms with Gasteiger partial charge in [0.15, 0.2) is 17.5 Å². The van der Waals surface area contributed by atoms with Crippen molar-refractivity contribution < 1.29 is 18.4 Å². The number of hydrogen-bond donors (Lipinski definition) is 1. The molecule has 0 spiro atoms. The highest BCUT2D eigenvalue weighted by Crippen LogP contribution is 2.30. The average Bonchev–Trinajstić information content (AvgIpc) is 3.09. The Balaban J connectivity index is 1.89. The SMILES string of the molecule is CCCn1nnnc1CN1C(=O)NC(C)(c2ccc(F)c(F)c2)C1=O. The van der Waals surface area contributed by atoms with Gasteiger partial charge in [-0.15, -0.1) is 5.10 Å². The molecule has 1 aliphatic rings. The number of imide groups is 1. The predicted molar refractivity (Wildman–Crippen MR) is 80.9 cm³/mol. The van der Waals surface area contributed by atoms with E-state index in [0.29, 0.717) is 12.4 Å². The number of amides is 3. The van der Waals surface area contributed by atoms with Crippen LogP contribution in [0.2, 0.25) is 0 Å². The topological polar surface area (TPSA) is 93.0 Å². The molecule has 10 heteroatoms. The summed E-state index contributed by atoms with van der Waals surface area (Å²) in [5.74, 6) is -2.35. The van der Waals surface area contributed by atoms with E-state index in [0.717, 1.165) is 23.5 Å². The molecule has 1 aromatic heterocycles. The maximum absolute atomic E-state index is 13.5. The molecule has 0 aliphatic carbocycles. The lowest BCUT2D eigenvalue weighted by Gasteiger charge is -2.22. The first-order chi connectivity index (χ1) is 11.9. The second-order valence-corrected chi connectivity index (χ2v) is 5.89. The fourth-order valence-electron chi connectivity index (χ4n) is 2.71. The summed E-state index contributed by atoms with van der Waals surface area (Å²) in [6.07, 6.45) is 0.782. The van der Waals surface area contributed by atoms with Crippen molar-refractivity contribution in [2.45, 2.75) is 38.9 Å². The van der Waals surface area contributed by atoms with Crippen LogP contribution in [0.4, 0.5) is 13.6 Å². The van der Waals surface area contributed by atoms with Crippen molar-refractivity contribution in [1.82, 2.24) is 30.4 Å². The third-order valence-corrected chi connectivity index (χ3v) is 4.11. The predicted octanol–water partition coefficient (Wildman–Crippen LogP) is 1.33. The Labute approximate surface area is 141 Å². The second-order valence-electron chi connectivity index (χ2n) is 5.89. The van der Waals surface area contributed by atoms with E-state index in [1.807, 2.05) is 6.92 Å². The number of tetrazole rings is 1. The number of aromatic nitrogens is 4. The van der Waals surface area contributed by atoms with Crippen LogP contribution in [-0.4, -0.2) is 37.0 Å². The Kier molecular flexibility index (Phi) is 4.19. The first kappa shape index (κ1) is 16.9. The summed E-state index contributed by atoms with van der Waals surface area (Å²) in [5, 5.41) is 13.7. The molecule has 2 aromatic rings. The Morgan fingerprint density at radius 2 is 2.00 bits per heavy atom. The van der Waals surface area contributed by atoms with Crippen LogP contribution in [0.15, 0.2) is 18.2 Å². The van der Waals surface area contributed by atoms with E-state index in [9.17, 15) is 18.4 Å². The summed E-state index contributed by atoms with van der Waals surface area (Å²) in [6.45, 7) is 3.82. The highest BCUT2D eigenvalue weighted by molar-refractivity contribution is 6.07. The van der Waals surface area contributed by atoms with Crippen LogP contribution in [-0.2, 0) is 23.4 Å². The highest BCUT2D eigenvalue weighted by Gasteiger charge is 2.49. The van der Waals surface area contributed by atoms with E-state index in [2.05, 4.69) is 20.8 Å². The summed E-state index contributed by atoms with van der Waals surface area (Å²) in [6, 6.07) is 2.43. The van der Waals surface area contributed by atoms with Gasteiger partial charge in [0, 0.05) is 6.54 Å². The molecule has 0 bridgehead atoms. The zero-order valence-electron chi connectivity index (χ0n) is 13.7. The van der Waals surface area contributed by atoms with Gasteiger partial charge in [-0.1, -0.05) is 13.0 Å². The molecule has 0 saturated carbocycles. The van der Waals surface area contributed by atoms with Crippen LogP contribution in [0.5, 0.6) is 0 Å². The number of hydrogen-bond acceptors (Lipinski definition) is 5. The van der Waals surface area contributed by atoms with Crippen molar-refractivity contribution in [2.75, 3.05) is 0 Å². The van der Waals surface area contributed by atoms with Gasteiger partial charge in [-0.2, -0.15) is 0 Å². The average molecular weight is 350 g/mol. The van der Waals surface area contributed by atoms with Gasteiger partial charge in [0.2, 0.25) is 0 Å². The molecule has 1 fully saturated rings. The number of halogens is 2. The molecule has 1 N–H and O–H groups in total. The van der Waals surface area contributed by atoms with E-state index >= 15 is 0 Å². The molecule has 132 valence electrons. The molecule has 3 rings (SSSR count). The summed E-state index contributed by atoms with van der Waals surface area (Å²) in [5.41, 5.74) is -1.34. The van der Waals surface area contributed by atoms with Crippen molar-refractivity contribution in [1.29, 1.82) is 0 Å². The number of nitrogens with zero attached hydrogens (tertiary/aromatic N) is 5. The number of urea groups is 1. The molecule has 25 heavy (non-hydrogen) atoms. The third-order valence-electron chi connectivity index (χ3n) is 4.11. The van der Waals surface area contributed by atoms with E-state index in [4.69, 9.17) is 0 Å². The minimum atomic E-state index is -1.49. The van der Waals surface area contributed by atoms with Crippen LogP contribution in [0, 0.1) is 11.6 Å². The van der Waals surface area contributed by atoms with Gasteiger partial charge in [0.05, 0.1) is 6.54 Å². The van der Waals surface area contributed by atoms with Gasteiger partial charge in [0.25, 0.3) is 5.91 Å². The number of carbonyl (C=O) groups is 2. The van der Waals surface area contributed by atoms with Gasteiger partial charge in [0.1, 0.15) is 5.54 Å². The minimum absolute atomic E-state index is 0.114. The Morgan fingerprint density at radius 1 is 1.24 bits per heavy atom. The van der Waals surface area contributed by atoms with E-state index < -0.39 is 29.1 Å². The zero-order valence-corrected chi connectivity index (χ0v) is 13.7. The van der Waals surface area contributed by atoms with Gasteiger partial charge in [-0.05, 0) is 41.5 Å². The van der Waals surface area contributed by atoms with Crippen molar-refractivity contribution >= 4 is 11.9 Å². The first-order valence-electron chi connectivity index (χ1n) is 7.71. The molecular formula is C15H16F2N6O2. The van der Waals surface area contributed by atoms with Crippen molar-refractivity contribution in [3.63, 3.8) is 0 Å². The second kappa shape index (κ2) is 6.19. The van der Waals surface area contributed by atoms with E-state index in [-0.39, 0.29) is 12.1 Å². The van der Waals surface area contributed by atoms with E-state index in [1.165, 1.54) is 17.7 Å². The van der Waals surface area contributed by atoms with Crippen LogP contribution in [0.25, 0.3) is 0 Å². The summed E-state index contributed by atoms with van der Waals surface area (Å²) >= 11 is 0. The quantitative estimate of drug-likeness (QED) is 0.821. The van der Waals surface area contributed by atoms with Gasteiger partial charge < -0.3 is 5.32 Å². The monoisotopic (exact) mass is 350 g/mol. The Hall–Kier alpha value is -2.91. The van der Waals surface area contributed by atoms with Gasteiger partial charge in [-0.3, -0.25) is 9.69 Å². The molecule has 1 saturated heterocycles. The standard InChI is InChI=1S/C15H16F2N6O2/c1-3-6-23-12(19-20-21-23)8-22-13(24)15(2,18-14(22)25)9-4-5-10(16)11(17)7-9/h4-5,7H,3,6,8H2,1-2H3,(H,18,25). The number of rotatable bonds is 5. The third kappa shape index (κ3) is 2.83. The Bertz CT molecular complexity index is 839. The molecule has 1 unspecified atom stereocenters. The van der Waals surface area contributed by atoms with Gasteiger partial charge in [-0.25, -0.2) is 18.3 Å². The summed E-state index contributed by atoms with van der Waals surface area (Å²) < 4.78 is 28.2. The lowest BCUT2D eigenvalue weighted by Crippen LogP contribution is -2.41. The van der Waals surface area contributed by atoms with Crippen LogP contribution >= 0.6 is 0 Å². The number of aryl methyl sites for hydroxylation is 1. The molecular weight excluding hydrogens is 334 g/mol. The fraction of sp³-hybridized carbons (Fsp3) is 0.400. The van der Waals surface area contributed by atoms with Gasteiger partial charge >= 0.3 is 6.03 Å². The molecule has 3 amide bonds. The highest BCUT2D eigenvalue weighted by atomic mass is 19.2. The molecule has 0 radical (unpaired) electrons. The van der Waals surface area contributed by atoms with E-state index in [1.54, 1.807) is 0 Å². The van der Waals surface area contributed by atoms with Crippen LogP contribution < -0.4 is 5.32 Å². The van der Waals surface area contributed by atoms with Crippen molar-refractivity contribution in [3.05, 3.63) is 41.2 Å². The van der Waals surface area contributed by atoms with Crippen LogP contribution in [0.3, 0.4) is 0 Å². The maximum atomic E-state index is 13.5. The number of carbonyl (C=O) groups excluding carboxylic acids is 2. The lowest BCUT2D eigenvalue weighted by atomic mass is 9.92. The van der Waals surface area contributed by atoms with Crippen molar-refractivity contribution in [2.24, 2.45) is 0 Å². The molecule has 2 heterocycles. The first-order valence-corrected chi connectivity index (χ1v) is 7.71. The fourth-order valence-corrected chi connectivity index (χ4v) is 2.71. The maximum Gasteiger partial charge on any atom is 0.325 e. The van der Waals surface area contributed by atoms with Crippen molar-refractivity contribution in [3.8, 4) is 0 Å². The Morgan fingerprint density at radius 3 is 2.68 bits per heavy atom. The minimum Gasteiger partial charge on any atom is -0.319 e. The molecule has 1 atom stereocenters. The summed E-state index contributed by atoms with van der Waals surface area (Å²) in [7, 11) is 0. The molecule has 8 nitrogen and oxygen atoms in total. The van der Waals surface area contributed by atoms with Crippen LogP contribution in [0.1, 0.15) is 31.7 Å². The largest absolute Gasteiger partial charge is 0.325 e. The molecule has 1 aliphatic heterocycles. The lowest BCUT2D eigenvalue weighted by molar-refractivity contribution is -0.131. The normalized spacial score (nSPS) is 20.2. The molecule has 1 aromatic carbocycles. The summed E-state index contributed by atoms with van der Waals surface area (Å²) in [4.78, 5) is 26.0. The number of nitrogens with one attached hydrogen (secondary N) is 1. The zero-order chi connectivity index (χ0) is 18.2. The smallest absolute Gasteiger partial charge is 0.319 e. The number of benzene rings is 1.